The minimum absolute atomic E-state index is 0.132. The van der Waals surface area contributed by atoms with Gasteiger partial charge in [-0.3, -0.25) is 4.79 Å². The molecule has 1 unspecified atom stereocenters. The Morgan fingerprint density at radius 1 is 1.33 bits per heavy atom. The van der Waals surface area contributed by atoms with Crippen LogP contribution in [0.3, 0.4) is 0 Å². The largest absolute Gasteiger partial charge is 0.281 e. The maximum absolute atomic E-state index is 11.3. The molecule has 1 aromatic carbocycles. The molecule has 1 aromatic rings. The van der Waals surface area contributed by atoms with Gasteiger partial charge in [0.05, 0.1) is 5.92 Å². The number of carbonyl (C=O) groups is 1. The van der Waals surface area contributed by atoms with Crippen molar-refractivity contribution in [1.82, 2.24) is 0 Å². The first-order chi connectivity index (χ1) is 7.15. The van der Waals surface area contributed by atoms with Crippen LogP contribution >= 0.6 is 11.6 Å². The summed E-state index contributed by atoms with van der Waals surface area (Å²) in [5.74, 6) is -0.132. The van der Waals surface area contributed by atoms with Crippen LogP contribution in [0.15, 0.2) is 24.3 Å². The Balaban J connectivity index is 2.79. The van der Waals surface area contributed by atoms with Crippen LogP contribution in [-0.4, -0.2) is 5.24 Å². The van der Waals surface area contributed by atoms with E-state index in [0.717, 1.165) is 24.8 Å². The molecule has 0 N–H and O–H groups in total. The second-order valence-corrected chi connectivity index (χ2v) is 4.28. The van der Waals surface area contributed by atoms with Crippen LogP contribution in [0.5, 0.6) is 0 Å². The van der Waals surface area contributed by atoms with Crippen molar-refractivity contribution in [2.24, 2.45) is 0 Å². The van der Waals surface area contributed by atoms with Crippen LogP contribution in [0, 0.1) is 6.92 Å². The van der Waals surface area contributed by atoms with Crippen molar-refractivity contribution in [2.45, 2.75) is 39.0 Å². The van der Waals surface area contributed by atoms with E-state index in [1.54, 1.807) is 0 Å². The highest BCUT2D eigenvalue weighted by Crippen LogP contribution is 2.24. The van der Waals surface area contributed by atoms with Gasteiger partial charge in [0.2, 0.25) is 5.24 Å². The lowest BCUT2D eigenvalue weighted by Gasteiger charge is -2.12. The summed E-state index contributed by atoms with van der Waals surface area (Å²) >= 11 is 5.61. The van der Waals surface area contributed by atoms with Crippen molar-refractivity contribution in [3.63, 3.8) is 0 Å². The van der Waals surface area contributed by atoms with Crippen LogP contribution in [0.4, 0.5) is 0 Å². The fourth-order valence-corrected chi connectivity index (χ4v) is 1.85. The number of benzene rings is 1. The van der Waals surface area contributed by atoms with E-state index < -0.39 is 0 Å². The van der Waals surface area contributed by atoms with Gasteiger partial charge in [-0.15, -0.1) is 0 Å². The molecule has 0 saturated carbocycles. The molecule has 0 bridgehead atoms. The first-order valence-corrected chi connectivity index (χ1v) is 5.79. The fourth-order valence-electron chi connectivity index (χ4n) is 1.62. The number of rotatable bonds is 5. The number of carbonyl (C=O) groups excluding carboxylic acids is 1. The molecule has 82 valence electrons. The molecule has 0 fully saturated rings. The predicted octanol–water partition coefficient (Wildman–Crippen LogP) is 4.03. The number of unbranched alkanes of at least 4 members (excludes halogenated alkanes) is 1. The summed E-state index contributed by atoms with van der Waals surface area (Å²) in [6.07, 6.45) is 2.98. The second-order valence-electron chi connectivity index (χ2n) is 3.91. The fraction of sp³-hybridized carbons (Fsp3) is 0.462. The highest BCUT2D eigenvalue weighted by molar-refractivity contribution is 6.64. The third kappa shape index (κ3) is 3.67. The van der Waals surface area contributed by atoms with E-state index in [1.807, 2.05) is 31.2 Å². The third-order valence-electron chi connectivity index (χ3n) is 2.60. The average molecular weight is 225 g/mol. The van der Waals surface area contributed by atoms with Crippen molar-refractivity contribution in [2.75, 3.05) is 0 Å². The zero-order chi connectivity index (χ0) is 11.3. The van der Waals surface area contributed by atoms with E-state index >= 15 is 0 Å². The minimum Gasteiger partial charge on any atom is -0.281 e. The number of hydrogen-bond donors (Lipinski definition) is 0. The highest BCUT2D eigenvalue weighted by atomic mass is 35.5. The monoisotopic (exact) mass is 224 g/mol. The molecule has 0 heterocycles. The van der Waals surface area contributed by atoms with Crippen LogP contribution in [0.1, 0.15) is 43.2 Å². The quantitative estimate of drug-likeness (QED) is 0.690. The number of aryl methyl sites for hydroxylation is 1. The smallest absolute Gasteiger partial charge is 0.229 e. The van der Waals surface area contributed by atoms with E-state index in [4.69, 9.17) is 11.6 Å². The molecule has 0 amide bonds. The van der Waals surface area contributed by atoms with Gasteiger partial charge in [-0.25, -0.2) is 0 Å². The molecule has 15 heavy (non-hydrogen) atoms. The molecule has 0 aromatic heterocycles. The van der Waals surface area contributed by atoms with Crippen molar-refractivity contribution in [3.8, 4) is 0 Å². The summed E-state index contributed by atoms with van der Waals surface area (Å²) in [5.41, 5.74) is 2.24. The number of hydrogen-bond acceptors (Lipinski definition) is 1. The lowest BCUT2D eigenvalue weighted by atomic mass is 9.94. The van der Waals surface area contributed by atoms with Crippen molar-refractivity contribution in [1.29, 1.82) is 0 Å². The molecular weight excluding hydrogens is 208 g/mol. The second kappa shape index (κ2) is 5.92. The van der Waals surface area contributed by atoms with Crippen LogP contribution in [-0.2, 0) is 4.79 Å². The molecule has 0 radical (unpaired) electrons. The topological polar surface area (TPSA) is 17.1 Å². The molecule has 1 atom stereocenters. The molecule has 0 aliphatic carbocycles. The standard InChI is InChI=1S/C13H17ClO/c1-3-4-5-12(13(14)15)11-8-6-10(2)7-9-11/h6-9,12H,3-5H2,1-2H3. The lowest BCUT2D eigenvalue weighted by Crippen LogP contribution is -2.06. The normalized spacial score (nSPS) is 12.5. The Hall–Kier alpha value is -0.820. The van der Waals surface area contributed by atoms with E-state index in [1.165, 1.54) is 5.56 Å². The van der Waals surface area contributed by atoms with Gasteiger partial charge >= 0.3 is 0 Å². The first-order valence-electron chi connectivity index (χ1n) is 5.41. The molecule has 1 nitrogen and oxygen atoms in total. The first kappa shape index (κ1) is 12.3. The van der Waals surface area contributed by atoms with Crippen LogP contribution < -0.4 is 0 Å². The SMILES string of the molecule is CCCCC(C(=O)Cl)c1ccc(C)cc1. The zero-order valence-electron chi connectivity index (χ0n) is 9.29. The van der Waals surface area contributed by atoms with Crippen molar-refractivity contribution < 1.29 is 4.79 Å². The maximum Gasteiger partial charge on any atom is 0.229 e. The van der Waals surface area contributed by atoms with E-state index in [0.29, 0.717) is 0 Å². The van der Waals surface area contributed by atoms with E-state index in [9.17, 15) is 4.79 Å². The molecule has 0 aliphatic rings. The Bertz CT molecular complexity index is 316. The molecule has 0 saturated heterocycles. The Morgan fingerprint density at radius 3 is 2.40 bits per heavy atom. The summed E-state index contributed by atoms with van der Waals surface area (Å²) in [5, 5.41) is -0.243. The number of halogens is 1. The van der Waals surface area contributed by atoms with Crippen molar-refractivity contribution in [3.05, 3.63) is 35.4 Å². The zero-order valence-corrected chi connectivity index (χ0v) is 10.1. The minimum atomic E-state index is -0.243. The summed E-state index contributed by atoms with van der Waals surface area (Å²) in [7, 11) is 0. The highest BCUT2D eigenvalue weighted by Gasteiger charge is 2.17. The maximum atomic E-state index is 11.3. The van der Waals surface area contributed by atoms with Gasteiger partial charge in [0.15, 0.2) is 0 Å². The summed E-state index contributed by atoms with van der Waals surface area (Å²) in [6.45, 7) is 4.15. The summed E-state index contributed by atoms with van der Waals surface area (Å²) in [4.78, 5) is 11.3. The third-order valence-corrected chi connectivity index (χ3v) is 2.86. The molecule has 0 spiro atoms. The van der Waals surface area contributed by atoms with Gasteiger partial charge in [-0.05, 0) is 30.5 Å². The van der Waals surface area contributed by atoms with Crippen LogP contribution in [0.2, 0.25) is 0 Å². The van der Waals surface area contributed by atoms with Crippen LogP contribution in [0.25, 0.3) is 0 Å². The van der Waals surface area contributed by atoms with E-state index in [-0.39, 0.29) is 11.2 Å². The van der Waals surface area contributed by atoms with Gasteiger partial charge < -0.3 is 0 Å². The summed E-state index contributed by atoms with van der Waals surface area (Å²) in [6, 6.07) is 8.04. The Labute approximate surface area is 96.5 Å². The molecule has 1 rings (SSSR count). The molecule has 2 heteroatoms. The lowest BCUT2D eigenvalue weighted by molar-refractivity contribution is -0.113. The Kier molecular flexibility index (Phi) is 4.83. The summed E-state index contributed by atoms with van der Waals surface area (Å²) < 4.78 is 0. The average Bonchev–Trinajstić information content (AvgIpc) is 2.21. The molecular formula is C13H17ClO. The van der Waals surface area contributed by atoms with Gasteiger partial charge in [0, 0.05) is 0 Å². The van der Waals surface area contributed by atoms with E-state index in [2.05, 4.69) is 6.92 Å². The van der Waals surface area contributed by atoms with Gasteiger partial charge in [0.25, 0.3) is 0 Å². The van der Waals surface area contributed by atoms with Gasteiger partial charge in [-0.2, -0.15) is 0 Å². The molecule has 0 aliphatic heterocycles. The predicted molar refractivity (Wildman–Crippen MR) is 64.3 cm³/mol. The van der Waals surface area contributed by atoms with Gasteiger partial charge in [0.1, 0.15) is 0 Å². The van der Waals surface area contributed by atoms with Crippen molar-refractivity contribution >= 4 is 16.8 Å². The van der Waals surface area contributed by atoms with Gasteiger partial charge in [-0.1, -0.05) is 49.6 Å². The Morgan fingerprint density at radius 2 is 1.93 bits per heavy atom.